The van der Waals surface area contributed by atoms with Gasteiger partial charge in [-0.15, -0.1) is 0 Å². The quantitative estimate of drug-likeness (QED) is 0.893. The lowest BCUT2D eigenvalue weighted by Gasteiger charge is -2.21. The normalized spacial score (nSPS) is 19.9. The van der Waals surface area contributed by atoms with E-state index in [1.807, 2.05) is 11.6 Å². The third-order valence-electron chi connectivity index (χ3n) is 3.26. The first kappa shape index (κ1) is 11.7. The molecule has 0 aromatic carbocycles. The zero-order valence-electron chi connectivity index (χ0n) is 10.3. The van der Waals surface area contributed by atoms with Gasteiger partial charge in [0.15, 0.2) is 0 Å². The highest BCUT2D eigenvalue weighted by molar-refractivity contribution is 7.04. The average Bonchev–Trinajstić information content (AvgIpc) is 3.08. The molecule has 0 spiro atoms. The van der Waals surface area contributed by atoms with Crippen molar-refractivity contribution in [3.63, 3.8) is 0 Å². The second-order valence-corrected chi connectivity index (χ2v) is 5.05. The van der Waals surface area contributed by atoms with Crippen molar-refractivity contribution >= 4 is 11.5 Å². The summed E-state index contributed by atoms with van der Waals surface area (Å²) in [4.78, 5) is 7.85. The van der Waals surface area contributed by atoms with Crippen LogP contribution in [-0.4, -0.2) is 28.0 Å². The van der Waals surface area contributed by atoms with Crippen molar-refractivity contribution in [2.45, 2.75) is 25.3 Å². The van der Waals surface area contributed by atoms with Crippen LogP contribution in [0, 0.1) is 0 Å². The van der Waals surface area contributed by atoms with E-state index in [0.29, 0.717) is 11.9 Å². The number of hydrogen-bond donors (Lipinski definition) is 2. The van der Waals surface area contributed by atoms with Crippen molar-refractivity contribution in [1.82, 2.24) is 19.7 Å². The van der Waals surface area contributed by atoms with Gasteiger partial charge in [-0.25, -0.2) is 4.98 Å². The molecule has 0 bridgehead atoms. The van der Waals surface area contributed by atoms with Crippen LogP contribution in [-0.2, 0) is 0 Å². The molecule has 0 radical (unpaired) electrons. The van der Waals surface area contributed by atoms with Crippen molar-refractivity contribution in [2.24, 2.45) is 0 Å². The average molecular weight is 264 g/mol. The van der Waals surface area contributed by atoms with Gasteiger partial charge in [-0.3, -0.25) is 0 Å². The lowest BCUT2D eigenvalue weighted by Crippen LogP contribution is -2.27. The summed E-state index contributed by atoms with van der Waals surface area (Å²) in [5, 5.41) is 5.46. The van der Waals surface area contributed by atoms with E-state index < -0.39 is 0 Å². The van der Waals surface area contributed by atoms with Gasteiger partial charge in [0.25, 0.3) is 0 Å². The Balaban J connectivity index is 1.84. The van der Waals surface area contributed by atoms with E-state index in [-0.39, 0.29) is 0 Å². The predicted octanol–water partition coefficient (Wildman–Crippen LogP) is 2.36. The number of nitrogens with one attached hydrogen (secondary N) is 2. The minimum Gasteiger partial charge on any atom is -0.480 e. The molecule has 6 heteroatoms. The molecule has 3 rings (SSSR count). The van der Waals surface area contributed by atoms with Crippen LogP contribution >= 0.6 is 11.5 Å². The van der Waals surface area contributed by atoms with Crippen LogP contribution in [0.25, 0.3) is 11.3 Å². The van der Waals surface area contributed by atoms with Gasteiger partial charge in [0.1, 0.15) is 5.82 Å². The van der Waals surface area contributed by atoms with Gasteiger partial charge < -0.3 is 15.0 Å². The molecule has 1 fully saturated rings. The maximum Gasteiger partial charge on any atom is 0.234 e. The number of methoxy groups -OCH3 is 1. The number of piperidine rings is 1. The predicted molar refractivity (Wildman–Crippen MR) is 70.8 cm³/mol. The van der Waals surface area contributed by atoms with E-state index in [0.717, 1.165) is 30.0 Å². The molecule has 1 aliphatic rings. The van der Waals surface area contributed by atoms with Crippen molar-refractivity contribution in [1.29, 1.82) is 0 Å². The molecule has 2 N–H and O–H groups in total. The first-order chi connectivity index (χ1) is 8.88. The molecule has 2 aromatic heterocycles. The minimum absolute atomic E-state index is 0.352. The molecule has 1 saturated heterocycles. The highest BCUT2D eigenvalue weighted by atomic mass is 32.1. The molecular weight excluding hydrogens is 248 g/mol. The summed E-state index contributed by atoms with van der Waals surface area (Å²) in [5.74, 6) is 1.67. The van der Waals surface area contributed by atoms with E-state index >= 15 is 0 Å². The molecule has 0 amide bonds. The number of aromatic amines is 1. The summed E-state index contributed by atoms with van der Waals surface area (Å²) in [6.07, 6.45) is 5.52. The molecule has 2 aromatic rings. The fraction of sp³-hybridized carbons (Fsp3) is 0.500. The maximum absolute atomic E-state index is 5.23. The molecular formula is C12H16N4OS. The summed E-state index contributed by atoms with van der Waals surface area (Å²) in [6, 6.07) is 0.352. The SMILES string of the molecule is COc1nscc1-c1cnc(C2CCCCN2)[nH]1. The van der Waals surface area contributed by atoms with Crippen molar-refractivity contribution in [3.05, 3.63) is 17.4 Å². The second kappa shape index (κ2) is 5.07. The Morgan fingerprint density at radius 3 is 3.17 bits per heavy atom. The zero-order chi connectivity index (χ0) is 12.4. The molecule has 96 valence electrons. The Labute approximate surface area is 110 Å². The molecule has 0 aliphatic carbocycles. The Kier molecular flexibility index (Phi) is 3.29. The van der Waals surface area contributed by atoms with Crippen LogP contribution in [0.15, 0.2) is 11.6 Å². The fourth-order valence-electron chi connectivity index (χ4n) is 2.29. The Morgan fingerprint density at radius 2 is 2.39 bits per heavy atom. The zero-order valence-corrected chi connectivity index (χ0v) is 11.1. The number of rotatable bonds is 3. The fourth-order valence-corrected chi connectivity index (χ4v) is 2.94. The smallest absolute Gasteiger partial charge is 0.234 e. The van der Waals surface area contributed by atoms with E-state index in [1.54, 1.807) is 7.11 Å². The van der Waals surface area contributed by atoms with E-state index in [9.17, 15) is 0 Å². The molecule has 5 nitrogen and oxygen atoms in total. The minimum atomic E-state index is 0.352. The van der Waals surface area contributed by atoms with Gasteiger partial charge in [-0.2, -0.15) is 4.37 Å². The van der Waals surface area contributed by atoms with E-state index in [2.05, 4.69) is 19.7 Å². The van der Waals surface area contributed by atoms with Crippen molar-refractivity contribution in [2.75, 3.05) is 13.7 Å². The molecule has 1 atom stereocenters. The highest BCUT2D eigenvalue weighted by Gasteiger charge is 2.19. The Morgan fingerprint density at radius 1 is 1.44 bits per heavy atom. The largest absolute Gasteiger partial charge is 0.480 e. The highest BCUT2D eigenvalue weighted by Crippen LogP contribution is 2.30. The van der Waals surface area contributed by atoms with Crippen LogP contribution in [0.2, 0.25) is 0 Å². The van der Waals surface area contributed by atoms with Gasteiger partial charge >= 0.3 is 0 Å². The van der Waals surface area contributed by atoms with Gasteiger partial charge in [0, 0.05) is 5.38 Å². The van der Waals surface area contributed by atoms with Crippen molar-refractivity contribution < 1.29 is 4.74 Å². The monoisotopic (exact) mass is 264 g/mol. The van der Waals surface area contributed by atoms with Crippen LogP contribution in [0.1, 0.15) is 31.1 Å². The first-order valence-electron chi connectivity index (χ1n) is 6.15. The number of hydrogen-bond acceptors (Lipinski definition) is 5. The van der Waals surface area contributed by atoms with Crippen LogP contribution in [0.4, 0.5) is 0 Å². The summed E-state index contributed by atoms with van der Waals surface area (Å²) in [5.41, 5.74) is 1.96. The maximum atomic E-state index is 5.23. The summed E-state index contributed by atoms with van der Waals surface area (Å²) >= 11 is 1.39. The molecule has 1 unspecified atom stereocenters. The van der Waals surface area contributed by atoms with E-state index in [4.69, 9.17) is 4.74 Å². The standard InChI is InChI=1S/C12H16N4OS/c1-17-12-8(7-18-16-12)10-6-14-11(15-10)9-4-2-3-5-13-9/h6-7,9,13H,2-5H2,1H3,(H,14,15). The topological polar surface area (TPSA) is 62.8 Å². The number of nitrogens with zero attached hydrogens (tertiary/aromatic N) is 2. The third-order valence-corrected chi connectivity index (χ3v) is 3.87. The summed E-state index contributed by atoms with van der Waals surface area (Å²) in [7, 11) is 1.64. The van der Waals surface area contributed by atoms with Crippen LogP contribution in [0.3, 0.4) is 0 Å². The Hall–Kier alpha value is -1.40. The van der Waals surface area contributed by atoms with Gasteiger partial charge in [0.2, 0.25) is 5.88 Å². The summed E-state index contributed by atoms with van der Waals surface area (Å²) in [6.45, 7) is 1.07. The molecule has 1 aliphatic heterocycles. The van der Waals surface area contributed by atoms with Crippen molar-refractivity contribution in [3.8, 4) is 17.1 Å². The third kappa shape index (κ3) is 2.13. The van der Waals surface area contributed by atoms with Gasteiger partial charge in [-0.1, -0.05) is 6.42 Å². The molecule has 18 heavy (non-hydrogen) atoms. The van der Waals surface area contributed by atoms with Gasteiger partial charge in [0.05, 0.1) is 30.6 Å². The van der Waals surface area contributed by atoms with Crippen LogP contribution < -0.4 is 10.1 Å². The lowest BCUT2D eigenvalue weighted by atomic mass is 10.0. The number of H-pyrrole nitrogens is 1. The van der Waals surface area contributed by atoms with Crippen LogP contribution in [0.5, 0.6) is 5.88 Å². The number of aromatic nitrogens is 3. The molecule has 3 heterocycles. The lowest BCUT2D eigenvalue weighted by molar-refractivity contribution is 0.399. The summed E-state index contributed by atoms with van der Waals surface area (Å²) < 4.78 is 9.42. The second-order valence-electron chi connectivity index (χ2n) is 4.42. The number of imidazole rings is 1. The van der Waals surface area contributed by atoms with Gasteiger partial charge in [-0.05, 0) is 30.9 Å². The van der Waals surface area contributed by atoms with E-state index in [1.165, 1.54) is 24.4 Å². The number of ether oxygens (including phenoxy) is 1. The Bertz CT molecular complexity index is 516. The molecule has 0 saturated carbocycles. The first-order valence-corrected chi connectivity index (χ1v) is 6.99.